The van der Waals surface area contributed by atoms with E-state index < -0.39 is 0 Å². The molecule has 2 N–H and O–H groups in total. The average molecular weight is 380 g/mol. The first-order valence-corrected chi connectivity index (χ1v) is 11.1. The molecule has 0 atom stereocenters. The average Bonchev–Trinajstić information content (AvgIpc) is 2.70. The first-order valence-electron chi connectivity index (χ1n) is 9.96. The fourth-order valence-electron chi connectivity index (χ4n) is 3.32. The lowest BCUT2D eigenvalue weighted by atomic mass is 10.1. The van der Waals surface area contributed by atoms with Gasteiger partial charge in [-0.05, 0) is 36.6 Å². The van der Waals surface area contributed by atoms with E-state index in [1.54, 1.807) is 0 Å². The van der Waals surface area contributed by atoms with Gasteiger partial charge in [-0.1, -0.05) is 74.2 Å². The van der Waals surface area contributed by atoms with Gasteiger partial charge in [-0.15, -0.1) is 0 Å². The lowest BCUT2D eigenvalue weighted by Crippen LogP contribution is -2.01. The fraction of sp³-hybridized carbons (Fsp3) is 0.391. The van der Waals surface area contributed by atoms with Crippen molar-refractivity contribution in [2.24, 2.45) is 0 Å². The molecule has 0 unspecified atom stereocenters. The van der Waals surface area contributed by atoms with Crippen LogP contribution >= 0.6 is 11.8 Å². The van der Waals surface area contributed by atoms with Gasteiger partial charge in [0.2, 0.25) is 5.95 Å². The summed E-state index contributed by atoms with van der Waals surface area (Å²) in [7, 11) is 0. The Hall–Kier alpha value is -2.07. The Morgan fingerprint density at radius 1 is 0.741 bits per heavy atom. The number of rotatable bonds is 11. The quantitative estimate of drug-likeness (QED) is 0.413. The molecule has 0 aliphatic carbocycles. The first-order chi connectivity index (χ1) is 13.3. The van der Waals surface area contributed by atoms with Gasteiger partial charge in [0, 0.05) is 11.1 Å². The maximum absolute atomic E-state index is 5.85. The summed E-state index contributed by atoms with van der Waals surface area (Å²) in [5, 5.41) is 1.14. The molecular formula is C23H29N3S. The summed E-state index contributed by atoms with van der Waals surface area (Å²) in [6.45, 7) is 0. The Labute approximate surface area is 166 Å². The van der Waals surface area contributed by atoms with Crippen molar-refractivity contribution in [1.29, 1.82) is 0 Å². The van der Waals surface area contributed by atoms with Crippen molar-refractivity contribution < 1.29 is 0 Å². The lowest BCUT2D eigenvalue weighted by Gasteiger charge is -2.07. The van der Waals surface area contributed by atoms with Crippen LogP contribution in [0, 0.1) is 0 Å². The molecule has 3 nitrogen and oxygen atoms in total. The molecule has 0 aliphatic rings. The first kappa shape index (κ1) is 19.7. The number of aryl methyl sites for hydroxylation is 1. The largest absolute Gasteiger partial charge is 0.368 e. The van der Waals surface area contributed by atoms with Crippen LogP contribution in [0.2, 0.25) is 0 Å². The van der Waals surface area contributed by atoms with E-state index >= 15 is 0 Å². The van der Waals surface area contributed by atoms with Gasteiger partial charge >= 0.3 is 0 Å². The number of benzene rings is 2. The molecule has 0 spiro atoms. The van der Waals surface area contributed by atoms with Gasteiger partial charge in [0.25, 0.3) is 0 Å². The van der Waals surface area contributed by atoms with E-state index in [-0.39, 0.29) is 0 Å². The fourth-order valence-corrected chi connectivity index (χ4v) is 4.30. The summed E-state index contributed by atoms with van der Waals surface area (Å²) >= 11 is 2.05. The number of unbranched alkanes of at least 4 members (excludes halogenated alkanes) is 5. The molecule has 142 valence electrons. The van der Waals surface area contributed by atoms with Crippen LogP contribution in [0.15, 0.2) is 54.6 Å². The molecular weight excluding hydrogens is 350 g/mol. The Kier molecular flexibility index (Phi) is 7.97. The summed E-state index contributed by atoms with van der Waals surface area (Å²) in [5.41, 5.74) is 9.32. The minimum atomic E-state index is 0.386. The number of aromatic nitrogens is 2. The molecule has 0 fully saturated rings. The van der Waals surface area contributed by atoms with Gasteiger partial charge in [-0.2, -0.15) is 11.8 Å². The summed E-state index contributed by atoms with van der Waals surface area (Å²) < 4.78 is 0. The van der Waals surface area contributed by atoms with E-state index in [1.807, 2.05) is 30.0 Å². The number of anilines is 1. The molecule has 0 saturated carbocycles. The highest BCUT2D eigenvalue weighted by Crippen LogP contribution is 2.19. The molecule has 0 amide bonds. The summed E-state index contributed by atoms with van der Waals surface area (Å²) in [6, 6.07) is 18.9. The zero-order valence-corrected chi connectivity index (χ0v) is 16.8. The Morgan fingerprint density at radius 2 is 1.44 bits per heavy atom. The van der Waals surface area contributed by atoms with Crippen molar-refractivity contribution in [2.75, 3.05) is 11.5 Å². The van der Waals surface area contributed by atoms with Crippen LogP contribution in [-0.2, 0) is 12.2 Å². The Morgan fingerprint density at radius 3 is 2.30 bits per heavy atom. The molecule has 2 aromatic carbocycles. The SMILES string of the molecule is Nc1nc(CCCCCCCCSCc2ccccc2)c2ccccc2n1. The molecule has 1 heterocycles. The number of nitrogens with two attached hydrogens (primary N) is 1. The van der Waals surface area contributed by atoms with Gasteiger partial charge in [0.05, 0.1) is 11.2 Å². The lowest BCUT2D eigenvalue weighted by molar-refractivity contribution is 0.607. The van der Waals surface area contributed by atoms with Crippen molar-refractivity contribution in [2.45, 2.75) is 50.7 Å². The minimum Gasteiger partial charge on any atom is -0.368 e. The van der Waals surface area contributed by atoms with Gasteiger partial charge in [-0.3, -0.25) is 0 Å². The van der Waals surface area contributed by atoms with Crippen LogP contribution in [0.5, 0.6) is 0 Å². The van der Waals surface area contributed by atoms with Crippen molar-refractivity contribution in [3.8, 4) is 0 Å². The number of nitrogen functional groups attached to an aromatic ring is 1. The third kappa shape index (κ3) is 6.55. The highest BCUT2D eigenvalue weighted by Gasteiger charge is 2.05. The van der Waals surface area contributed by atoms with E-state index in [2.05, 4.69) is 46.4 Å². The van der Waals surface area contributed by atoms with Crippen LogP contribution in [0.4, 0.5) is 5.95 Å². The van der Waals surface area contributed by atoms with E-state index in [0.29, 0.717) is 5.95 Å². The van der Waals surface area contributed by atoms with Crippen LogP contribution in [0.25, 0.3) is 10.9 Å². The maximum atomic E-state index is 5.85. The predicted molar refractivity (Wildman–Crippen MR) is 118 cm³/mol. The summed E-state index contributed by atoms with van der Waals surface area (Å²) in [5.74, 6) is 2.79. The highest BCUT2D eigenvalue weighted by atomic mass is 32.2. The van der Waals surface area contributed by atoms with Crippen LogP contribution < -0.4 is 5.73 Å². The number of para-hydroxylation sites is 1. The standard InChI is InChI=1S/C23H29N3S/c24-23-25-21(20-14-9-10-16-22(20)26-23)15-8-3-1-2-4-11-17-27-18-19-12-6-5-7-13-19/h5-7,9-10,12-14,16H,1-4,8,11,15,17-18H2,(H2,24,25,26). The molecule has 0 radical (unpaired) electrons. The van der Waals surface area contributed by atoms with E-state index in [4.69, 9.17) is 5.73 Å². The number of hydrogen-bond acceptors (Lipinski definition) is 4. The second kappa shape index (κ2) is 10.9. The Bertz CT molecular complexity index is 820. The molecule has 0 saturated heterocycles. The monoisotopic (exact) mass is 379 g/mol. The van der Waals surface area contributed by atoms with E-state index in [9.17, 15) is 0 Å². The summed E-state index contributed by atoms with van der Waals surface area (Å²) in [4.78, 5) is 8.77. The molecule has 27 heavy (non-hydrogen) atoms. The van der Waals surface area contributed by atoms with Crippen molar-refractivity contribution >= 4 is 28.6 Å². The van der Waals surface area contributed by atoms with Crippen molar-refractivity contribution in [1.82, 2.24) is 9.97 Å². The van der Waals surface area contributed by atoms with Crippen molar-refractivity contribution in [3.05, 3.63) is 65.9 Å². The topological polar surface area (TPSA) is 51.8 Å². The number of nitrogens with zero attached hydrogens (tertiary/aromatic N) is 2. The van der Waals surface area contributed by atoms with Crippen LogP contribution in [0.3, 0.4) is 0 Å². The molecule has 0 aliphatic heterocycles. The van der Waals surface area contributed by atoms with E-state index in [0.717, 1.165) is 28.8 Å². The smallest absolute Gasteiger partial charge is 0.220 e. The predicted octanol–water partition coefficient (Wildman–Crippen LogP) is 6.03. The van der Waals surface area contributed by atoms with Gasteiger partial charge in [0.15, 0.2) is 0 Å². The van der Waals surface area contributed by atoms with Gasteiger partial charge in [0.1, 0.15) is 0 Å². The third-order valence-electron chi connectivity index (χ3n) is 4.76. The number of fused-ring (bicyclic) bond motifs is 1. The normalized spacial score (nSPS) is 11.1. The maximum Gasteiger partial charge on any atom is 0.220 e. The second-order valence-corrected chi connectivity index (χ2v) is 8.06. The molecule has 3 rings (SSSR count). The molecule has 3 aromatic rings. The Balaban J connectivity index is 1.26. The van der Waals surface area contributed by atoms with Crippen LogP contribution in [0.1, 0.15) is 49.8 Å². The number of thioether (sulfide) groups is 1. The minimum absolute atomic E-state index is 0.386. The van der Waals surface area contributed by atoms with Crippen molar-refractivity contribution in [3.63, 3.8) is 0 Å². The molecule has 0 bridgehead atoms. The third-order valence-corrected chi connectivity index (χ3v) is 5.88. The van der Waals surface area contributed by atoms with Gasteiger partial charge in [-0.25, -0.2) is 9.97 Å². The summed E-state index contributed by atoms with van der Waals surface area (Å²) in [6.07, 6.45) is 8.72. The van der Waals surface area contributed by atoms with Gasteiger partial charge < -0.3 is 5.73 Å². The molecule has 4 heteroatoms. The molecule has 1 aromatic heterocycles. The van der Waals surface area contributed by atoms with Crippen LogP contribution in [-0.4, -0.2) is 15.7 Å². The highest BCUT2D eigenvalue weighted by molar-refractivity contribution is 7.98. The number of hydrogen-bond donors (Lipinski definition) is 1. The zero-order valence-electron chi connectivity index (χ0n) is 15.9. The zero-order chi connectivity index (χ0) is 18.7. The van der Waals surface area contributed by atoms with E-state index in [1.165, 1.54) is 49.8 Å². The second-order valence-electron chi connectivity index (χ2n) is 6.96.